The third-order valence-corrected chi connectivity index (χ3v) is 3.62. The van der Waals surface area contributed by atoms with Crippen LogP contribution in [0.2, 0.25) is 0 Å². The molecule has 2 unspecified atom stereocenters. The zero-order valence-corrected chi connectivity index (χ0v) is 11.0. The largest absolute Gasteiger partial charge is 0.342 e. The van der Waals surface area contributed by atoms with Crippen molar-refractivity contribution in [1.29, 1.82) is 0 Å². The van der Waals surface area contributed by atoms with E-state index in [2.05, 4.69) is 10.2 Å². The Bertz CT molecular complexity index is 416. The molecule has 2 rings (SSSR count). The van der Waals surface area contributed by atoms with Crippen LogP contribution in [-0.2, 0) is 11.8 Å². The van der Waals surface area contributed by atoms with Gasteiger partial charge < -0.3 is 15.2 Å². The lowest BCUT2D eigenvalue weighted by Crippen LogP contribution is -2.43. The van der Waals surface area contributed by atoms with Crippen molar-refractivity contribution in [3.8, 4) is 0 Å². The molecule has 1 amide bonds. The van der Waals surface area contributed by atoms with E-state index in [0.29, 0.717) is 12.5 Å². The van der Waals surface area contributed by atoms with Crippen molar-refractivity contribution in [2.45, 2.75) is 25.7 Å². The number of aryl methyl sites for hydroxylation is 1. The topological polar surface area (TPSA) is 77.0 Å². The van der Waals surface area contributed by atoms with Crippen LogP contribution in [0.25, 0.3) is 0 Å². The molecule has 0 aliphatic carbocycles. The maximum atomic E-state index is 12.1. The van der Waals surface area contributed by atoms with E-state index in [0.717, 1.165) is 31.8 Å². The number of hydrogen-bond donors (Lipinski definition) is 1. The van der Waals surface area contributed by atoms with Crippen molar-refractivity contribution in [2.75, 3.05) is 19.6 Å². The highest BCUT2D eigenvalue weighted by molar-refractivity contribution is 5.78. The van der Waals surface area contributed by atoms with Crippen LogP contribution in [0.5, 0.6) is 0 Å². The molecule has 2 atom stereocenters. The van der Waals surface area contributed by atoms with Crippen molar-refractivity contribution in [3.05, 3.63) is 12.2 Å². The summed E-state index contributed by atoms with van der Waals surface area (Å²) >= 11 is 0. The van der Waals surface area contributed by atoms with E-state index in [9.17, 15) is 4.79 Å². The highest BCUT2D eigenvalue weighted by Crippen LogP contribution is 2.25. The molecule has 0 aromatic carbocycles. The SMILES string of the molecule is CC(CN)C(=O)N1CCCC(c2nncn2C)C1. The molecule has 100 valence electrons. The molecule has 1 aliphatic heterocycles. The summed E-state index contributed by atoms with van der Waals surface area (Å²) in [6, 6.07) is 0. The van der Waals surface area contributed by atoms with Crippen LogP contribution in [0.15, 0.2) is 6.33 Å². The molecule has 0 saturated carbocycles. The Labute approximate surface area is 107 Å². The predicted octanol–water partition coefficient (Wildman–Crippen LogP) is 0.116. The van der Waals surface area contributed by atoms with E-state index < -0.39 is 0 Å². The predicted molar refractivity (Wildman–Crippen MR) is 67.8 cm³/mol. The van der Waals surface area contributed by atoms with Gasteiger partial charge in [-0.3, -0.25) is 4.79 Å². The number of nitrogens with zero attached hydrogens (tertiary/aromatic N) is 4. The Hall–Kier alpha value is -1.43. The van der Waals surface area contributed by atoms with Gasteiger partial charge in [-0.25, -0.2) is 0 Å². The molecule has 6 heteroatoms. The summed E-state index contributed by atoms with van der Waals surface area (Å²) in [5.41, 5.74) is 5.56. The lowest BCUT2D eigenvalue weighted by Gasteiger charge is -2.33. The van der Waals surface area contributed by atoms with Crippen LogP contribution in [-0.4, -0.2) is 45.2 Å². The second kappa shape index (κ2) is 5.48. The lowest BCUT2D eigenvalue weighted by molar-refractivity contribution is -0.135. The number of carbonyl (C=O) groups excluding carboxylic acids is 1. The number of nitrogens with two attached hydrogens (primary N) is 1. The number of carbonyl (C=O) groups is 1. The van der Waals surface area contributed by atoms with Crippen molar-refractivity contribution in [3.63, 3.8) is 0 Å². The summed E-state index contributed by atoms with van der Waals surface area (Å²) in [5, 5.41) is 8.06. The maximum absolute atomic E-state index is 12.1. The molecule has 2 heterocycles. The summed E-state index contributed by atoms with van der Waals surface area (Å²) in [5.74, 6) is 1.32. The molecular weight excluding hydrogens is 230 g/mol. The van der Waals surface area contributed by atoms with Gasteiger partial charge in [0.25, 0.3) is 0 Å². The number of amides is 1. The molecule has 0 radical (unpaired) electrons. The van der Waals surface area contributed by atoms with Crippen molar-refractivity contribution >= 4 is 5.91 Å². The third-order valence-electron chi connectivity index (χ3n) is 3.62. The van der Waals surface area contributed by atoms with Crippen molar-refractivity contribution in [2.24, 2.45) is 18.7 Å². The number of hydrogen-bond acceptors (Lipinski definition) is 4. The van der Waals surface area contributed by atoms with Crippen LogP contribution in [0.4, 0.5) is 0 Å². The summed E-state index contributed by atoms with van der Waals surface area (Å²) in [6.45, 7) is 3.85. The first-order valence-electron chi connectivity index (χ1n) is 6.46. The molecule has 1 aliphatic rings. The van der Waals surface area contributed by atoms with Gasteiger partial charge >= 0.3 is 0 Å². The Balaban J connectivity index is 2.05. The molecule has 6 nitrogen and oxygen atoms in total. The van der Waals surface area contributed by atoms with Gasteiger partial charge in [-0.15, -0.1) is 10.2 Å². The zero-order valence-electron chi connectivity index (χ0n) is 11.0. The molecule has 18 heavy (non-hydrogen) atoms. The first-order chi connectivity index (χ1) is 8.63. The summed E-state index contributed by atoms with van der Waals surface area (Å²) in [6.07, 6.45) is 3.78. The summed E-state index contributed by atoms with van der Waals surface area (Å²) in [4.78, 5) is 14.0. The number of aromatic nitrogens is 3. The smallest absolute Gasteiger partial charge is 0.226 e. The maximum Gasteiger partial charge on any atom is 0.226 e. The molecule has 1 saturated heterocycles. The van der Waals surface area contributed by atoms with Gasteiger partial charge in [-0.2, -0.15) is 0 Å². The summed E-state index contributed by atoms with van der Waals surface area (Å²) in [7, 11) is 1.94. The Morgan fingerprint density at radius 3 is 3.06 bits per heavy atom. The Kier molecular flexibility index (Phi) is 3.96. The van der Waals surface area contributed by atoms with E-state index in [1.165, 1.54) is 0 Å². The molecule has 0 spiro atoms. The summed E-state index contributed by atoms with van der Waals surface area (Å²) < 4.78 is 1.94. The normalized spacial score (nSPS) is 21.9. The van der Waals surface area contributed by atoms with Crippen LogP contribution in [0.1, 0.15) is 31.5 Å². The van der Waals surface area contributed by atoms with Gasteiger partial charge in [-0.1, -0.05) is 6.92 Å². The minimum atomic E-state index is -0.0942. The third kappa shape index (κ3) is 2.53. The van der Waals surface area contributed by atoms with Crippen LogP contribution in [0.3, 0.4) is 0 Å². The number of rotatable bonds is 3. The van der Waals surface area contributed by atoms with Gasteiger partial charge in [0.05, 0.1) is 0 Å². The van der Waals surface area contributed by atoms with Crippen LogP contribution >= 0.6 is 0 Å². The average Bonchev–Trinajstić information content (AvgIpc) is 2.83. The van der Waals surface area contributed by atoms with Gasteiger partial charge in [0, 0.05) is 38.5 Å². The number of likely N-dealkylation sites (tertiary alicyclic amines) is 1. The zero-order chi connectivity index (χ0) is 13.1. The fourth-order valence-electron chi connectivity index (χ4n) is 2.46. The fourth-order valence-corrected chi connectivity index (χ4v) is 2.46. The Morgan fingerprint density at radius 2 is 2.44 bits per heavy atom. The molecule has 0 bridgehead atoms. The van der Waals surface area contributed by atoms with E-state index in [1.807, 2.05) is 23.4 Å². The van der Waals surface area contributed by atoms with Crippen LogP contribution in [0, 0.1) is 5.92 Å². The lowest BCUT2D eigenvalue weighted by atomic mass is 9.96. The van der Waals surface area contributed by atoms with Crippen molar-refractivity contribution < 1.29 is 4.79 Å². The minimum Gasteiger partial charge on any atom is -0.342 e. The quantitative estimate of drug-likeness (QED) is 0.827. The fraction of sp³-hybridized carbons (Fsp3) is 0.750. The average molecular weight is 251 g/mol. The van der Waals surface area contributed by atoms with Gasteiger partial charge in [0.15, 0.2) is 0 Å². The van der Waals surface area contributed by atoms with E-state index >= 15 is 0 Å². The monoisotopic (exact) mass is 251 g/mol. The van der Waals surface area contributed by atoms with E-state index in [1.54, 1.807) is 6.33 Å². The first kappa shape index (κ1) is 13.0. The van der Waals surface area contributed by atoms with Crippen LogP contribution < -0.4 is 5.73 Å². The molecule has 2 N–H and O–H groups in total. The molecular formula is C12H21N5O. The molecule has 1 aromatic heterocycles. The van der Waals surface area contributed by atoms with Gasteiger partial charge in [-0.05, 0) is 12.8 Å². The minimum absolute atomic E-state index is 0.0942. The van der Waals surface area contributed by atoms with E-state index in [-0.39, 0.29) is 11.8 Å². The van der Waals surface area contributed by atoms with E-state index in [4.69, 9.17) is 5.73 Å². The Morgan fingerprint density at radius 1 is 1.67 bits per heavy atom. The van der Waals surface area contributed by atoms with Gasteiger partial charge in [0.2, 0.25) is 5.91 Å². The molecule has 1 fully saturated rings. The highest BCUT2D eigenvalue weighted by atomic mass is 16.2. The number of piperidine rings is 1. The molecule has 1 aromatic rings. The van der Waals surface area contributed by atoms with Crippen molar-refractivity contribution in [1.82, 2.24) is 19.7 Å². The second-order valence-electron chi connectivity index (χ2n) is 5.06. The highest BCUT2D eigenvalue weighted by Gasteiger charge is 2.28. The standard InChI is InChI=1S/C12H21N5O/c1-9(6-13)12(18)17-5-3-4-10(7-17)11-15-14-8-16(11)2/h8-10H,3-7,13H2,1-2H3. The van der Waals surface area contributed by atoms with Gasteiger partial charge in [0.1, 0.15) is 12.2 Å². The first-order valence-corrected chi connectivity index (χ1v) is 6.46. The second-order valence-corrected chi connectivity index (χ2v) is 5.06.